The summed E-state index contributed by atoms with van der Waals surface area (Å²) in [6, 6.07) is 13.8. The van der Waals surface area contributed by atoms with Crippen molar-refractivity contribution >= 4 is 15.7 Å². The van der Waals surface area contributed by atoms with Crippen LogP contribution in [0.2, 0.25) is 0 Å². The Balaban J connectivity index is 1.74. The van der Waals surface area contributed by atoms with Gasteiger partial charge in [0.1, 0.15) is 5.75 Å². The molecule has 3 atom stereocenters. The van der Waals surface area contributed by atoms with Crippen LogP contribution in [0.25, 0.3) is 0 Å². The molecule has 2 aromatic rings. The molecule has 5 nitrogen and oxygen atoms in total. The molecule has 0 radical (unpaired) electrons. The van der Waals surface area contributed by atoms with E-state index < -0.39 is 10.0 Å². The molecular formula is C23H28N2O3S. The van der Waals surface area contributed by atoms with Crippen LogP contribution in [-0.2, 0) is 10.0 Å². The minimum atomic E-state index is -3.47. The summed E-state index contributed by atoms with van der Waals surface area (Å²) in [5.74, 6) is 1.40. The lowest BCUT2D eigenvalue weighted by molar-refractivity contribution is 0.406. The molecule has 1 aliphatic heterocycles. The Morgan fingerprint density at radius 2 is 1.93 bits per heavy atom. The minimum Gasteiger partial charge on any atom is -0.497 e. The predicted molar refractivity (Wildman–Crippen MR) is 116 cm³/mol. The highest BCUT2D eigenvalue weighted by Gasteiger charge is 2.38. The van der Waals surface area contributed by atoms with Gasteiger partial charge >= 0.3 is 0 Å². The van der Waals surface area contributed by atoms with Crippen LogP contribution in [0.15, 0.2) is 59.5 Å². The Morgan fingerprint density at radius 3 is 2.66 bits per heavy atom. The zero-order valence-corrected chi connectivity index (χ0v) is 17.9. The molecule has 0 aromatic heterocycles. The van der Waals surface area contributed by atoms with Gasteiger partial charge in [-0.2, -0.15) is 4.31 Å². The Labute approximate surface area is 173 Å². The van der Waals surface area contributed by atoms with Crippen molar-refractivity contribution in [2.75, 3.05) is 25.5 Å². The van der Waals surface area contributed by atoms with Crippen LogP contribution in [0.4, 0.5) is 5.69 Å². The highest BCUT2D eigenvalue weighted by atomic mass is 32.2. The Hall–Kier alpha value is -2.31. The molecule has 154 valence electrons. The van der Waals surface area contributed by atoms with E-state index in [0.29, 0.717) is 23.9 Å². The van der Waals surface area contributed by atoms with E-state index in [9.17, 15) is 8.42 Å². The van der Waals surface area contributed by atoms with Crippen molar-refractivity contribution in [1.82, 2.24) is 4.31 Å². The lowest BCUT2D eigenvalue weighted by Gasteiger charge is -2.38. The van der Waals surface area contributed by atoms with Crippen molar-refractivity contribution in [3.63, 3.8) is 0 Å². The lowest BCUT2D eigenvalue weighted by Crippen LogP contribution is -2.32. The number of hydrogen-bond donors (Lipinski definition) is 1. The molecule has 1 aliphatic carbocycles. The zero-order valence-electron chi connectivity index (χ0n) is 17.1. The van der Waals surface area contributed by atoms with Gasteiger partial charge in [0.25, 0.3) is 0 Å². The Bertz CT molecular complexity index is 1030. The monoisotopic (exact) mass is 412 g/mol. The van der Waals surface area contributed by atoms with Crippen LogP contribution in [0.1, 0.15) is 43.4 Å². The third kappa shape index (κ3) is 3.45. The number of allylic oxidation sites excluding steroid dienone is 2. The van der Waals surface area contributed by atoms with Crippen LogP contribution in [-0.4, -0.2) is 32.9 Å². The molecule has 0 spiro atoms. The van der Waals surface area contributed by atoms with Crippen LogP contribution in [0, 0.1) is 5.92 Å². The molecule has 0 bridgehead atoms. The highest BCUT2D eigenvalue weighted by Crippen LogP contribution is 2.50. The largest absolute Gasteiger partial charge is 0.497 e. The van der Waals surface area contributed by atoms with Gasteiger partial charge in [-0.1, -0.05) is 38.1 Å². The van der Waals surface area contributed by atoms with E-state index in [1.54, 1.807) is 13.2 Å². The van der Waals surface area contributed by atoms with Crippen LogP contribution in [0.5, 0.6) is 5.75 Å². The van der Waals surface area contributed by atoms with Crippen molar-refractivity contribution in [3.05, 3.63) is 65.7 Å². The molecule has 4 rings (SSSR count). The maximum atomic E-state index is 13.0. The number of benzene rings is 2. The average Bonchev–Trinajstić information content (AvgIpc) is 3.23. The molecule has 3 unspecified atom stereocenters. The highest BCUT2D eigenvalue weighted by molar-refractivity contribution is 7.89. The lowest BCUT2D eigenvalue weighted by atomic mass is 9.77. The first-order chi connectivity index (χ1) is 14.0. The average molecular weight is 413 g/mol. The number of sulfonamides is 1. The maximum absolute atomic E-state index is 13.0. The Kier molecular flexibility index (Phi) is 5.40. The maximum Gasteiger partial charge on any atom is 0.243 e. The Morgan fingerprint density at radius 1 is 1.14 bits per heavy atom. The fraction of sp³-hybridized carbons (Fsp3) is 0.391. The second kappa shape index (κ2) is 7.84. The van der Waals surface area contributed by atoms with Gasteiger partial charge in [-0.05, 0) is 53.8 Å². The number of hydrogen-bond acceptors (Lipinski definition) is 4. The van der Waals surface area contributed by atoms with Gasteiger partial charge in [0.2, 0.25) is 10.0 Å². The summed E-state index contributed by atoms with van der Waals surface area (Å²) >= 11 is 0. The van der Waals surface area contributed by atoms with E-state index in [1.165, 1.54) is 9.87 Å². The van der Waals surface area contributed by atoms with E-state index in [4.69, 9.17) is 4.74 Å². The third-order valence-electron chi connectivity index (χ3n) is 6.13. The van der Waals surface area contributed by atoms with E-state index in [2.05, 4.69) is 29.6 Å². The number of ether oxygens (including phenoxy) is 1. The number of anilines is 1. The number of nitrogens with zero attached hydrogens (tertiary/aromatic N) is 1. The van der Waals surface area contributed by atoms with Gasteiger partial charge in [0.05, 0.1) is 18.0 Å². The van der Waals surface area contributed by atoms with Gasteiger partial charge in [0, 0.05) is 24.7 Å². The predicted octanol–water partition coefficient (Wildman–Crippen LogP) is 4.55. The normalized spacial score (nSPS) is 22.8. The van der Waals surface area contributed by atoms with E-state index in [0.717, 1.165) is 23.4 Å². The fourth-order valence-electron chi connectivity index (χ4n) is 4.61. The van der Waals surface area contributed by atoms with Crippen LogP contribution in [0.3, 0.4) is 0 Å². The molecule has 0 fully saturated rings. The summed E-state index contributed by atoms with van der Waals surface area (Å²) in [4.78, 5) is 0.376. The van der Waals surface area contributed by atoms with Gasteiger partial charge in [-0.15, -0.1) is 0 Å². The third-order valence-corrected chi connectivity index (χ3v) is 8.18. The number of nitrogens with one attached hydrogen (secondary N) is 1. The molecule has 6 heteroatoms. The van der Waals surface area contributed by atoms with E-state index in [1.807, 2.05) is 38.1 Å². The zero-order chi connectivity index (χ0) is 20.6. The summed E-state index contributed by atoms with van der Waals surface area (Å²) in [6.07, 6.45) is 5.40. The first-order valence-electron chi connectivity index (χ1n) is 10.2. The number of rotatable bonds is 6. The second-order valence-corrected chi connectivity index (χ2v) is 9.53. The molecule has 2 aromatic carbocycles. The molecule has 1 N–H and O–H groups in total. The molecule has 0 amide bonds. The van der Waals surface area contributed by atoms with Gasteiger partial charge in [-0.3, -0.25) is 0 Å². The molecule has 0 saturated heterocycles. The second-order valence-electron chi connectivity index (χ2n) is 7.59. The van der Waals surface area contributed by atoms with Crippen molar-refractivity contribution < 1.29 is 13.2 Å². The topological polar surface area (TPSA) is 58.6 Å². The summed E-state index contributed by atoms with van der Waals surface area (Å²) < 4.78 is 32.9. The summed E-state index contributed by atoms with van der Waals surface area (Å²) in [5, 5.41) is 3.67. The number of fused-ring (bicyclic) bond motifs is 3. The summed E-state index contributed by atoms with van der Waals surface area (Å²) in [5.41, 5.74) is 3.26. The standard InChI is InChI=1S/C23H28N2O3S/c1-4-25(5-2)29(26,27)18-12-13-22-21(15-18)19-10-7-11-20(19)23(24-22)16-8-6-9-17(14-16)28-3/h6-10,12-15,19-20,23-24H,4-5,11H2,1-3H3. The molecule has 2 aliphatic rings. The fourth-order valence-corrected chi connectivity index (χ4v) is 6.10. The van der Waals surface area contributed by atoms with Gasteiger partial charge < -0.3 is 10.1 Å². The van der Waals surface area contributed by atoms with Crippen molar-refractivity contribution in [3.8, 4) is 5.75 Å². The van der Waals surface area contributed by atoms with Crippen molar-refractivity contribution in [1.29, 1.82) is 0 Å². The summed E-state index contributed by atoms with van der Waals surface area (Å²) in [6.45, 7) is 4.68. The van der Waals surface area contributed by atoms with Gasteiger partial charge in [-0.25, -0.2) is 8.42 Å². The van der Waals surface area contributed by atoms with Crippen molar-refractivity contribution in [2.24, 2.45) is 5.92 Å². The quantitative estimate of drug-likeness (QED) is 0.707. The first kappa shape index (κ1) is 20.0. The molecule has 29 heavy (non-hydrogen) atoms. The van der Waals surface area contributed by atoms with E-state index >= 15 is 0 Å². The first-order valence-corrected chi connectivity index (χ1v) is 11.6. The molecule has 0 saturated carbocycles. The number of methoxy groups -OCH3 is 1. The van der Waals surface area contributed by atoms with Gasteiger partial charge in [0.15, 0.2) is 0 Å². The SMILES string of the molecule is CCN(CC)S(=O)(=O)c1ccc2c(c1)C1C=CCC1C(c1cccc(OC)c1)N2. The van der Waals surface area contributed by atoms with Crippen LogP contribution >= 0.6 is 0 Å². The molecule has 1 heterocycles. The minimum absolute atomic E-state index is 0.155. The van der Waals surface area contributed by atoms with E-state index in [-0.39, 0.29) is 12.0 Å². The summed E-state index contributed by atoms with van der Waals surface area (Å²) in [7, 11) is -1.79. The van der Waals surface area contributed by atoms with Crippen molar-refractivity contribution in [2.45, 2.75) is 37.1 Å². The van der Waals surface area contributed by atoms with Crippen LogP contribution < -0.4 is 10.1 Å². The molecular weight excluding hydrogens is 384 g/mol. The smallest absolute Gasteiger partial charge is 0.243 e.